The second-order valence-corrected chi connectivity index (χ2v) is 6.02. The number of aromatic nitrogens is 5. The number of hydrogen-bond donors (Lipinski definition) is 1. The Morgan fingerprint density at radius 1 is 1.30 bits per heavy atom. The minimum absolute atomic E-state index is 0.343. The van der Waals surface area contributed by atoms with E-state index in [1.54, 1.807) is 17.1 Å². The minimum Gasteiger partial charge on any atom is -0.314 e. The summed E-state index contributed by atoms with van der Waals surface area (Å²) in [6, 6.07) is 1.95. The van der Waals surface area contributed by atoms with Crippen molar-refractivity contribution in [2.45, 2.75) is 26.8 Å². The standard InChI is InChI=1S/C15H17FN6S/c1-10-7-17-15(19-13-6-11(2)21-23-13)20-14(10)12-8-18-22(9-12)5-3-4-16/h6-9H,3-5H2,1-2H3,(H,17,19,20). The lowest BCUT2D eigenvalue weighted by molar-refractivity contribution is 0.435. The van der Waals surface area contributed by atoms with Crippen LogP contribution in [0.25, 0.3) is 11.3 Å². The van der Waals surface area contributed by atoms with Crippen LogP contribution in [-0.2, 0) is 6.54 Å². The van der Waals surface area contributed by atoms with Crippen LogP contribution in [0.3, 0.4) is 0 Å². The Hall–Kier alpha value is -2.35. The summed E-state index contributed by atoms with van der Waals surface area (Å²) in [5.74, 6) is 0.519. The smallest absolute Gasteiger partial charge is 0.228 e. The van der Waals surface area contributed by atoms with E-state index in [1.165, 1.54) is 11.5 Å². The minimum atomic E-state index is -0.343. The first-order chi connectivity index (χ1) is 11.2. The fourth-order valence-corrected chi connectivity index (χ4v) is 2.81. The third-order valence-electron chi connectivity index (χ3n) is 3.26. The molecule has 0 unspecified atom stereocenters. The molecular weight excluding hydrogens is 315 g/mol. The van der Waals surface area contributed by atoms with Gasteiger partial charge in [0.15, 0.2) is 0 Å². The molecule has 3 heterocycles. The summed E-state index contributed by atoms with van der Waals surface area (Å²) in [5.41, 5.74) is 3.63. The van der Waals surface area contributed by atoms with E-state index in [1.807, 2.05) is 26.1 Å². The van der Waals surface area contributed by atoms with E-state index in [2.05, 4.69) is 24.8 Å². The molecule has 3 aromatic heterocycles. The average molecular weight is 332 g/mol. The van der Waals surface area contributed by atoms with E-state index >= 15 is 0 Å². The first-order valence-corrected chi connectivity index (χ1v) is 8.06. The Morgan fingerprint density at radius 2 is 2.17 bits per heavy atom. The first kappa shape index (κ1) is 15.5. The SMILES string of the molecule is Cc1cc(Nc2ncc(C)c(-c3cnn(CCCF)c3)n2)sn1. The van der Waals surface area contributed by atoms with E-state index in [4.69, 9.17) is 0 Å². The van der Waals surface area contributed by atoms with Gasteiger partial charge in [0.05, 0.1) is 24.3 Å². The van der Waals surface area contributed by atoms with Gasteiger partial charge in [-0.15, -0.1) is 0 Å². The number of halogens is 1. The predicted octanol–water partition coefficient (Wildman–Crippen LogP) is 3.52. The van der Waals surface area contributed by atoms with Gasteiger partial charge in [-0.3, -0.25) is 9.07 Å². The molecule has 0 fully saturated rings. The number of aryl methyl sites for hydroxylation is 3. The van der Waals surface area contributed by atoms with Crippen molar-refractivity contribution in [1.29, 1.82) is 0 Å². The lowest BCUT2D eigenvalue weighted by Gasteiger charge is -2.06. The Kier molecular flexibility index (Phi) is 4.61. The molecule has 0 saturated heterocycles. The molecule has 6 nitrogen and oxygen atoms in total. The Morgan fingerprint density at radius 3 is 2.91 bits per heavy atom. The fourth-order valence-electron chi connectivity index (χ4n) is 2.16. The fraction of sp³-hybridized carbons (Fsp3) is 0.333. The quantitative estimate of drug-likeness (QED) is 0.748. The molecule has 23 heavy (non-hydrogen) atoms. The van der Waals surface area contributed by atoms with Crippen molar-refractivity contribution in [2.24, 2.45) is 0 Å². The van der Waals surface area contributed by atoms with Crippen LogP contribution in [0, 0.1) is 13.8 Å². The van der Waals surface area contributed by atoms with Crippen molar-refractivity contribution in [3.05, 3.63) is 35.9 Å². The zero-order valence-electron chi connectivity index (χ0n) is 13.0. The number of nitrogens with zero attached hydrogens (tertiary/aromatic N) is 5. The lowest BCUT2D eigenvalue weighted by atomic mass is 10.1. The molecule has 1 N–H and O–H groups in total. The molecule has 0 aromatic carbocycles. The third kappa shape index (κ3) is 3.70. The molecular formula is C15H17FN6S. The maximum Gasteiger partial charge on any atom is 0.228 e. The van der Waals surface area contributed by atoms with Crippen LogP contribution in [0.15, 0.2) is 24.7 Å². The Bertz CT molecular complexity index is 797. The zero-order chi connectivity index (χ0) is 16.2. The molecule has 8 heteroatoms. The highest BCUT2D eigenvalue weighted by atomic mass is 32.1. The number of hydrogen-bond acceptors (Lipinski definition) is 6. The molecule has 0 aliphatic carbocycles. The highest BCUT2D eigenvalue weighted by Gasteiger charge is 2.10. The van der Waals surface area contributed by atoms with Crippen LogP contribution in [0.5, 0.6) is 0 Å². The molecule has 3 rings (SSSR count). The molecule has 0 radical (unpaired) electrons. The van der Waals surface area contributed by atoms with Gasteiger partial charge in [0, 0.05) is 24.5 Å². The molecule has 0 saturated carbocycles. The summed E-state index contributed by atoms with van der Waals surface area (Å²) in [5, 5.41) is 8.31. The summed E-state index contributed by atoms with van der Waals surface area (Å²) in [6.45, 7) is 4.11. The largest absolute Gasteiger partial charge is 0.314 e. The van der Waals surface area contributed by atoms with Gasteiger partial charge in [0.1, 0.15) is 5.00 Å². The van der Waals surface area contributed by atoms with E-state index in [-0.39, 0.29) is 6.67 Å². The van der Waals surface area contributed by atoms with Crippen molar-refractivity contribution >= 4 is 22.5 Å². The molecule has 0 spiro atoms. The summed E-state index contributed by atoms with van der Waals surface area (Å²) in [6.07, 6.45) is 5.86. The third-order valence-corrected chi connectivity index (χ3v) is 4.06. The Balaban J connectivity index is 1.83. The van der Waals surface area contributed by atoms with Crippen molar-refractivity contribution < 1.29 is 4.39 Å². The van der Waals surface area contributed by atoms with Gasteiger partial charge >= 0.3 is 0 Å². The van der Waals surface area contributed by atoms with Gasteiger partial charge in [0.2, 0.25) is 5.95 Å². The van der Waals surface area contributed by atoms with Gasteiger partial charge in [-0.2, -0.15) is 9.47 Å². The van der Waals surface area contributed by atoms with Gasteiger partial charge in [-0.25, -0.2) is 9.97 Å². The summed E-state index contributed by atoms with van der Waals surface area (Å²) < 4.78 is 18.2. The number of anilines is 2. The van der Waals surface area contributed by atoms with Crippen LogP contribution in [0.1, 0.15) is 17.7 Å². The van der Waals surface area contributed by atoms with Crippen LogP contribution in [0.2, 0.25) is 0 Å². The lowest BCUT2D eigenvalue weighted by Crippen LogP contribution is -1.99. The van der Waals surface area contributed by atoms with Gasteiger partial charge in [-0.1, -0.05) is 0 Å². The highest BCUT2D eigenvalue weighted by molar-refractivity contribution is 7.10. The Labute approximate surface area is 137 Å². The maximum atomic E-state index is 12.3. The first-order valence-electron chi connectivity index (χ1n) is 7.28. The van der Waals surface area contributed by atoms with Crippen LogP contribution in [0.4, 0.5) is 15.3 Å². The molecule has 0 aliphatic rings. The van der Waals surface area contributed by atoms with Gasteiger partial charge in [0.25, 0.3) is 0 Å². The molecule has 0 amide bonds. The van der Waals surface area contributed by atoms with Crippen LogP contribution in [-0.4, -0.2) is 30.8 Å². The number of alkyl halides is 1. The normalized spacial score (nSPS) is 10.9. The highest BCUT2D eigenvalue weighted by Crippen LogP contribution is 2.24. The van der Waals surface area contributed by atoms with E-state index < -0.39 is 0 Å². The number of nitrogens with one attached hydrogen (secondary N) is 1. The molecule has 0 atom stereocenters. The topological polar surface area (TPSA) is 68.5 Å². The van der Waals surface area contributed by atoms with Crippen LogP contribution < -0.4 is 5.32 Å². The van der Waals surface area contributed by atoms with E-state index in [0.717, 1.165) is 27.5 Å². The van der Waals surface area contributed by atoms with E-state index in [0.29, 0.717) is 18.9 Å². The van der Waals surface area contributed by atoms with Crippen molar-refractivity contribution in [3.63, 3.8) is 0 Å². The summed E-state index contributed by atoms with van der Waals surface area (Å²) in [4.78, 5) is 8.88. The van der Waals surface area contributed by atoms with Gasteiger partial charge < -0.3 is 5.32 Å². The summed E-state index contributed by atoms with van der Waals surface area (Å²) in [7, 11) is 0. The second-order valence-electron chi connectivity index (χ2n) is 5.22. The average Bonchev–Trinajstić information content (AvgIpc) is 3.16. The maximum absolute atomic E-state index is 12.3. The van der Waals surface area contributed by atoms with Gasteiger partial charge in [-0.05, 0) is 43.4 Å². The molecule has 3 aromatic rings. The molecule has 0 bridgehead atoms. The van der Waals surface area contributed by atoms with Crippen molar-refractivity contribution in [2.75, 3.05) is 12.0 Å². The predicted molar refractivity (Wildman–Crippen MR) is 88.7 cm³/mol. The van der Waals surface area contributed by atoms with Crippen LogP contribution >= 0.6 is 11.5 Å². The second kappa shape index (κ2) is 6.82. The van der Waals surface area contributed by atoms with Crippen molar-refractivity contribution in [3.8, 4) is 11.3 Å². The zero-order valence-corrected chi connectivity index (χ0v) is 13.8. The van der Waals surface area contributed by atoms with E-state index in [9.17, 15) is 4.39 Å². The summed E-state index contributed by atoms with van der Waals surface area (Å²) >= 11 is 1.37. The molecule has 0 aliphatic heterocycles. The molecule has 120 valence electrons. The number of rotatable bonds is 6. The van der Waals surface area contributed by atoms with Crippen molar-refractivity contribution in [1.82, 2.24) is 24.1 Å². The monoisotopic (exact) mass is 332 g/mol.